The second-order valence-electron chi connectivity index (χ2n) is 3.69. The van der Waals surface area contributed by atoms with Gasteiger partial charge in [0.25, 0.3) is 0 Å². The Hall–Kier alpha value is -1.40. The molecule has 4 N–H and O–H groups in total. The third kappa shape index (κ3) is 4.16. The van der Waals surface area contributed by atoms with Crippen molar-refractivity contribution in [2.45, 2.75) is 31.8 Å². The SMILES string of the molecule is CCC(NC(=O)C(N)CC(=O)O)c1cccs1. The number of carbonyl (C=O) groups is 2. The molecular formula is C11H16N2O3S. The Kier molecular flexibility index (Phi) is 5.11. The number of thiophene rings is 1. The Bertz CT molecular complexity index is 378. The molecule has 0 fully saturated rings. The Morgan fingerprint density at radius 3 is 2.76 bits per heavy atom. The lowest BCUT2D eigenvalue weighted by Crippen LogP contribution is -2.43. The Labute approximate surface area is 104 Å². The van der Waals surface area contributed by atoms with E-state index < -0.39 is 17.9 Å². The summed E-state index contributed by atoms with van der Waals surface area (Å²) in [6, 6.07) is 2.75. The third-order valence-electron chi connectivity index (χ3n) is 2.34. The van der Waals surface area contributed by atoms with Gasteiger partial charge in [0.2, 0.25) is 5.91 Å². The van der Waals surface area contributed by atoms with Gasteiger partial charge in [-0.3, -0.25) is 9.59 Å². The molecule has 0 aliphatic heterocycles. The van der Waals surface area contributed by atoms with Crippen LogP contribution in [0.4, 0.5) is 0 Å². The minimum absolute atomic E-state index is 0.0951. The average Bonchev–Trinajstić information content (AvgIpc) is 2.77. The predicted molar refractivity (Wildman–Crippen MR) is 65.7 cm³/mol. The highest BCUT2D eigenvalue weighted by Crippen LogP contribution is 2.21. The fourth-order valence-electron chi connectivity index (χ4n) is 1.42. The minimum atomic E-state index is -1.07. The largest absolute Gasteiger partial charge is 0.481 e. The number of amides is 1. The van der Waals surface area contributed by atoms with E-state index in [2.05, 4.69) is 5.32 Å². The fraction of sp³-hybridized carbons (Fsp3) is 0.455. The Morgan fingerprint density at radius 1 is 1.59 bits per heavy atom. The fourth-order valence-corrected chi connectivity index (χ4v) is 2.28. The predicted octanol–water partition coefficient (Wildman–Crippen LogP) is 1.12. The molecular weight excluding hydrogens is 240 g/mol. The summed E-state index contributed by atoms with van der Waals surface area (Å²) in [6.07, 6.45) is 0.388. The van der Waals surface area contributed by atoms with Gasteiger partial charge in [-0.15, -0.1) is 11.3 Å². The standard InChI is InChI=1S/C11H16N2O3S/c1-2-8(9-4-3-5-17-9)13-11(16)7(12)6-10(14)15/h3-5,7-8H,2,6,12H2,1H3,(H,13,16)(H,14,15). The van der Waals surface area contributed by atoms with Crippen molar-refractivity contribution in [2.75, 3.05) is 0 Å². The highest BCUT2D eigenvalue weighted by atomic mass is 32.1. The maximum atomic E-state index is 11.6. The summed E-state index contributed by atoms with van der Waals surface area (Å²) < 4.78 is 0. The summed E-state index contributed by atoms with van der Waals surface area (Å²) in [7, 11) is 0. The molecule has 1 aromatic heterocycles. The van der Waals surface area contributed by atoms with Gasteiger partial charge in [0.05, 0.1) is 18.5 Å². The lowest BCUT2D eigenvalue weighted by atomic mass is 10.1. The van der Waals surface area contributed by atoms with Crippen LogP contribution in [0.1, 0.15) is 30.7 Å². The van der Waals surface area contributed by atoms with Crippen molar-refractivity contribution in [1.82, 2.24) is 5.32 Å². The summed E-state index contributed by atoms with van der Waals surface area (Å²) in [6.45, 7) is 1.95. The normalized spacial score (nSPS) is 14.0. The molecule has 0 aliphatic rings. The van der Waals surface area contributed by atoms with Crippen molar-refractivity contribution < 1.29 is 14.7 Å². The van der Waals surface area contributed by atoms with Crippen LogP contribution in [0.25, 0.3) is 0 Å². The molecule has 5 nitrogen and oxygen atoms in total. The van der Waals surface area contributed by atoms with Crippen LogP contribution in [-0.2, 0) is 9.59 Å². The number of aliphatic carboxylic acids is 1. The van der Waals surface area contributed by atoms with Gasteiger partial charge in [0, 0.05) is 4.88 Å². The molecule has 1 amide bonds. The van der Waals surface area contributed by atoms with Crippen molar-refractivity contribution in [3.05, 3.63) is 22.4 Å². The summed E-state index contributed by atoms with van der Waals surface area (Å²) >= 11 is 1.55. The molecule has 0 radical (unpaired) electrons. The number of carbonyl (C=O) groups excluding carboxylic acids is 1. The van der Waals surface area contributed by atoms with Crippen LogP contribution in [0.3, 0.4) is 0 Å². The van der Waals surface area contributed by atoms with Crippen LogP contribution in [0.5, 0.6) is 0 Å². The van der Waals surface area contributed by atoms with Crippen molar-refractivity contribution in [3.63, 3.8) is 0 Å². The molecule has 1 rings (SSSR count). The first-order valence-corrected chi connectivity index (χ1v) is 6.23. The van der Waals surface area contributed by atoms with Crippen LogP contribution >= 0.6 is 11.3 Å². The summed E-state index contributed by atoms with van der Waals surface area (Å²) in [5, 5.41) is 13.2. The first kappa shape index (κ1) is 13.7. The van der Waals surface area contributed by atoms with Crippen molar-refractivity contribution >= 4 is 23.2 Å². The highest BCUT2D eigenvalue weighted by Gasteiger charge is 2.20. The quantitative estimate of drug-likeness (QED) is 0.711. The number of nitrogens with one attached hydrogen (secondary N) is 1. The molecule has 0 bridgehead atoms. The van der Waals surface area contributed by atoms with E-state index in [-0.39, 0.29) is 12.5 Å². The molecule has 1 heterocycles. The molecule has 1 aromatic rings. The first-order valence-electron chi connectivity index (χ1n) is 5.35. The topological polar surface area (TPSA) is 92.4 Å². The molecule has 0 aliphatic carbocycles. The van der Waals surface area contributed by atoms with Crippen molar-refractivity contribution in [2.24, 2.45) is 5.73 Å². The number of hydrogen-bond donors (Lipinski definition) is 3. The summed E-state index contributed by atoms with van der Waals surface area (Å²) in [5.41, 5.74) is 5.49. The molecule has 17 heavy (non-hydrogen) atoms. The van der Waals surface area contributed by atoms with E-state index in [1.54, 1.807) is 11.3 Å². The van der Waals surface area contributed by atoms with E-state index in [1.807, 2.05) is 24.4 Å². The zero-order valence-corrected chi connectivity index (χ0v) is 10.4. The second-order valence-corrected chi connectivity index (χ2v) is 4.67. The molecule has 94 valence electrons. The summed E-state index contributed by atoms with van der Waals surface area (Å²) in [4.78, 5) is 23.1. The molecule has 2 unspecified atom stereocenters. The average molecular weight is 256 g/mol. The monoisotopic (exact) mass is 256 g/mol. The van der Waals surface area contributed by atoms with Gasteiger partial charge in [0.1, 0.15) is 0 Å². The van der Waals surface area contributed by atoms with Crippen LogP contribution in [0.2, 0.25) is 0 Å². The van der Waals surface area contributed by atoms with E-state index in [0.29, 0.717) is 0 Å². The van der Waals surface area contributed by atoms with Crippen molar-refractivity contribution in [1.29, 1.82) is 0 Å². The Balaban J connectivity index is 2.57. The maximum absolute atomic E-state index is 11.6. The van der Waals surface area contributed by atoms with Gasteiger partial charge in [-0.05, 0) is 17.9 Å². The Morgan fingerprint density at radius 2 is 2.29 bits per heavy atom. The zero-order chi connectivity index (χ0) is 12.8. The van der Waals surface area contributed by atoms with E-state index >= 15 is 0 Å². The molecule has 0 spiro atoms. The third-order valence-corrected chi connectivity index (χ3v) is 3.33. The molecule has 2 atom stereocenters. The van der Waals surface area contributed by atoms with Gasteiger partial charge in [-0.2, -0.15) is 0 Å². The van der Waals surface area contributed by atoms with Gasteiger partial charge in [-0.1, -0.05) is 13.0 Å². The number of rotatable bonds is 6. The smallest absolute Gasteiger partial charge is 0.305 e. The molecule has 0 aromatic carbocycles. The second kappa shape index (κ2) is 6.36. The molecule has 0 saturated heterocycles. The summed E-state index contributed by atoms with van der Waals surface area (Å²) in [5.74, 6) is -1.50. The first-order chi connectivity index (χ1) is 8.04. The van der Waals surface area contributed by atoms with Gasteiger partial charge in [-0.25, -0.2) is 0 Å². The maximum Gasteiger partial charge on any atom is 0.305 e. The van der Waals surface area contributed by atoms with Gasteiger partial charge >= 0.3 is 5.97 Å². The van der Waals surface area contributed by atoms with Crippen LogP contribution < -0.4 is 11.1 Å². The number of hydrogen-bond acceptors (Lipinski definition) is 4. The number of carboxylic acid groups (broad SMARTS) is 1. The highest BCUT2D eigenvalue weighted by molar-refractivity contribution is 7.10. The van der Waals surface area contributed by atoms with Crippen LogP contribution in [0, 0.1) is 0 Å². The van der Waals surface area contributed by atoms with E-state index in [4.69, 9.17) is 10.8 Å². The van der Waals surface area contributed by atoms with Gasteiger partial charge < -0.3 is 16.2 Å². The van der Waals surface area contributed by atoms with Crippen LogP contribution in [-0.4, -0.2) is 23.0 Å². The van der Waals surface area contributed by atoms with Crippen molar-refractivity contribution in [3.8, 4) is 0 Å². The molecule has 6 heteroatoms. The lowest BCUT2D eigenvalue weighted by Gasteiger charge is -2.17. The minimum Gasteiger partial charge on any atom is -0.481 e. The number of carboxylic acids is 1. The van der Waals surface area contributed by atoms with Crippen LogP contribution in [0.15, 0.2) is 17.5 Å². The molecule has 0 saturated carbocycles. The van der Waals surface area contributed by atoms with E-state index in [0.717, 1.165) is 11.3 Å². The number of nitrogens with two attached hydrogens (primary N) is 1. The van der Waals surface area contributed by atoms with E-state index in [1.165, 1.54) is 0 Å². The van der Waals surface area contributed by atoms with Gasteiger partial charge in [0.15, 0.2) is 0 Å². The van der Waals surface area contributed by atoms with E-state index in [9.17, 15) is 9.59 Å². The zero-order valence-electron chi connectivity index (χ0n) is 9.55. The lowest BCUT2D eigenvalue weighted by molar-refractivity contribution is -0.139.